The summed E-state index contributed by atoms with van der Waals surface area (Å²) in [6, 6.07) is 16.5. The van der Waals surface area contributed by atoms with Crippen LogP contribution in [0.1, 0.15) is 25.5 Å². The van der Waals surface area contributed by atoms with Gasteiger partial charge in [0.1, 0.15) is 17.9 Å². The molecule has 148 valence electrons. The first-order chi connectivity index (χ1) is 14.1. The molecule has 2 heterocycles. The second-order valence-electron chi connectivity index (χ2n) is 7.04. The van der Waals surface area contributed by atoms with Crippen molar-refractivity contribution in [2.24, 2.45) is 0 Å². The van der Waals surface area contributed by atoms with Crippen LogP contribution in [0.2, 0.25) is 0 Å². The lowest BCUT2D eigenvalue weighted by Crippen LogP contribution is -2.04. The molecule has 6 nitrogen and oxygen atoms in total. The maximum absolute atomic E-state index is 5.28. The number of methoxy groups -OCH3 is 1. The zero-order valence-corrected chi connectivity index (χ0v) is 17.7. The molecule has 0 fully saturated rings. The molecule has 0 atom stereocenters. The molecule has 0 aliphatic carbocycles. The van der Waals surface area contributed by atoms with Crippen LogP contribution in [0.25, 0.3) is 22.6 Å². The van der Waals surface area contributed by atoms with E-state index in [2.05, 4.69) is 64.3 Å². The first-order valence-electron chi connectivity index (χ1n) is 9.43. The van der Waals surface area contributed by atoms with Gasteiger partial charge in [-0.05, 0) is 69.1 Å². The average molecular weight is 406 g/mol. The molecule has 7 heteroatoms. The summed E-state index contributed by atoms with van der Waals surface area (Å²) < 4.78 is 10.8. The first kappa shape index (κ1) is 19.3. The highest BCUT2D eigenvalue weighted by Crippen LogP contribution is 2.32. The van der Waals surface area contributed by atoms with Gasteiger partial charge in [-0.1, -0.05) is 17.7 Å². The van der Waals surface area contributed by atoms with E-state index in [0.29, 0.717) is 5.82 Å². The Morgan fingerprint density at radius 1 is 1.00 bits per heavy atom. The highest BCUT2D eigenvalue weighted by Gasteiger charge is 2.19. The Hall–Kier alpha value is -3.06. The van der Waals surface area contributed by atoms with E-state index < -0.39 is 0 Å². The zero-order chi connectivity index (χ0) is 20.4. The van der Waals surface area contributed by atoms with Crippen molar-refractivity contribution < 1.29 is 4.74 Å². The minimum Gasteiger partial charge on any atom is -0.497 e. The largest absolute Gasteiger partial charge is 0.497 e. The Bertz CT molecular complexity index is 1120. The number of nitrogens with one attached hydrogen (secondary N) is 1. The van der Waals surface area contributed by atoms with Gasteiger partial charge in [-0.15, -0.1) is 0 Å². The maximum Gasteiger partial charge on any atom is 0.167 e. The van der Waals surface area contributed by atoms with Crippen LogP contribution >= 0.6 is 11.9 Å². The van der Waals surface area contributed by atoms with E-state index in [0.717, 1.165) is 33.2 Å². The van der Waals surface area contributed by atoms with Crippen molar-refractivity contribution in [3.8, 4) is 17.1 Å². The van der Waals surface area contributed by atoms with E-state index in [1.807, 2.05) is 24.3 Å². The van der Waals surface area contributed by atoms with Gasteiger partial charge in [-0.3, -0.25) is 0 Å². The van der Waals surface area contributed by atoms with Gasteiger partial charge < -0.3 is 14.0 Å². The van der Waals surface area contributed by atoms with Gasteiger partial charge in [0.15, 0.2) is 17.0 Å². The minimum absolute atomic E-state index is 0.199. The lowest BCUT2D eigenvalue weighted by molar-refractivity contribution is 0.415. The van der Waals surface area contributed by atoms with E-state index >= 15 is 0 Å². The third-order valence-corrected chi connectivity index (χ3v) is 5.43. The third-order valence-electron chi connectivity index (χ3n) is 4.63. The van der Waals surface area contributed by atoms with Crippen molar-refractivity contribution in [1.29, 1.82) is 0 Å². The lowest BCUT2D eigenvalue weighted by atomic mass is 10.2. The van der Waals surface area contributed by atoms with Crippen molar-refractivity contribution in [1.82, 2.24) is 19.5 Å². The van der Waals surface area contributed by atoms with E-state index in [-0.39, 0.29) is 6.04 Å². The third kappa shape index (κ3) is 3.91. The molecule has 29 heavy (non-hydrogen) atoms. The van der Waals surface area contributed by atoms with E-state index in [4.69, 9.17) is 9.72 Å². The highest BCUT2D eigenvalue weighted by molar-refractivity contribution is 8.00. The minimum atomic E-state index is 0.199. The Balaban J connectivity index is 1.74. The number of imidazole rings is 1. The summed E-state index contributed by atoms with van der Waals surface area (Å²) in [5.41, 5.74) is 3.81. The fourth-order valence-electron chi connectivity index (χ4n) is 3.13. The molecule has 0 spiro atoms. The average Bonchev–Trinajstić information content (AvgIpc) is 3.14. The molecule has 2 aromatic carbocycles. The summed E-state index contributed by atoms with van der Waals surface area (Å²) in [5, 5.41) is 0. The number of aryl methyl sites for hydroxylation is 1. The molecular weight excluding hydrogens is 382 g/mol. The standard InChI is InChI=1S/C22H23N5OS/c1-14(2)27-21(16-7-9-17(28-4)10-8-16)25-19-20(23-13-24-22(19)27)26-29-18-11-5-15(3)6-12-18/h5-14H,1-4H3,(H,23,24,26). The highest BCUT2D eigenvalue weighted by atomic mass is 32.2. The van der Waals surface area contributed by atoms with Gasteiger partial charge in [0.25, 0.3) is 0 Å². The Morgan fingerprint density at radius 3 is 2.38 bits per heavy atom. The van der Waals surface area contributed by atoms with Crippen molar-refractivity contribution in [2.75, 3.05) is 11.8 Å². The fraction of sp³-hybridized carbons (Fsp3) is 0.227. The van der Waals surface area contributed by atoms with Crippen LogP contribution in [-0.4, -0.2) is 26.6 Å². The fourth-order valence-corrected chi connectivity index (χ4v) is 3.77. The predicted octanol–water partition coefficient (Wildman–Crippen LogP) is 5.51. The van der Waals surface area contributed by atoms with Crippen LogP contribution in [0.4, 0.5) is 5.82 Å². The topological polar surface area (TPSA) is 64.9 Å². The van der Waals surface area contributed by atoms with Gasteiger partial charge in [0.2, 0.25) is 0 Å². The van der Waals surface area contributed by atoms with E-state index in [1.165, 1.54) is 17.5 Å². The van der Waals surface area contributed by atoms with Gasteiger partial charge in [-0.25, -0.2) is 15.0 Å². The van der Waals surface area contributed by atoms with Crippen molar-refractivity contribution in [3.05, 3.63) is 60.4 Å². The number of aromatic nitrogens is 4. The smallest absolute Gasteiger partial charge is 0.167 e. The number of fused-ring (bicyclic) bond motifs is 1. The lowest BCUT2D eigenvalue weighted by Gasteiger charge is -2.12. The maximum atomic E-state index is 5.28. The Kier molecular flexibility index (Phi) is 5.40. The Morgan fingerprint density at radius 2 is 1.72 bits per heavy atom. The normalized spacial score (nSPS) is 11.2. The number of ether oxygens (including phenoxy) is 1. The summed E-state index contributed by atoms with van der Waals surface area (Å²) in [5.74, 6) is 2.38. The molecule has 0 bridgehead atoms. The molecule has 4 aromatic rings. The molecule has 0 aliphatic rings. The van der Waals surface area contributed by atoms with Gasteiger partial charge >= 0.3 is 0 Å². The molecule has 2 aromatic heterocycles. The van der Waals surface area contributed by atoms with Crippen LogP contribution in [0.15, 0.2) is 59.8 Å². The molecule has 0 unspecified atom stereocenters. The van der Waals surface area contributed by atoms with Crippen LogP contribution in [-0.2, 0) is 0 Å². The molecule has 0 aliphatic heterocycles. The second kappa shape index (κ2) is 8.13. The number of nitrogens with zero attached hydrogens (tertiary/aromatic N) is 4. The predicted molar refractivity (Wildman–Crippen MR) is 118 cm³/mol. The number of hydrogen-bond acceptors (Lipinski definition) is 6. The first-order valence-corrected chi connectivity index (χ1v) is 10.3. The molecule has 4 rings (SSSR count). The number of benzene rings is 2. The molecular formula is C22H23N5OS. The van der Waals surface area contributed by atoms with Crippen LogP contribution < -0.4 is 9.46 Å². The van der Waals surface area contributed by atoms with E-state index in [1.54, 1.807) is 13.4 Å². The number of hydrogen-bond donors (Lipinski definition) is 1. The van der Waals surface area contributed by atoms with E-state index in [9.17, 15) is 0 Å². The second-order valence-corrected chi connectivity index (χ2v) is 7.92. The van der Waals surface area contributed by atoms with Crippen molar-refractivity contribution >= 4 is 28.9 Å². The quantitative estimate of drug-likeness (QED) is 0.427. The summed E-state index contributed by atoms with van der Waals surface area (Å²) in [6.07, 6.45) is 1.58. The number of rotatable bonds is 6. The van der Waals surface area contributed by atoms with Crippen LogP contribution in [0.5, 0.6) is 5.75 Å². The summed E-state index contributed by atoms with van der Waals surface area (Å²) >= 11 is 1.52. The van der Waals surface area contributed by atoms with Crippen LogP contribution in [0, 0.1) is 6.92 Å². The summed E-state index contributed by atoms with van der Waals surface area (Å²) in [4.78, 5) is 15.0. The Labute approximate surface area is 174 Å². The van der Waals surface area contributed by atoms with Crippen molar-refractivity contribution in [2.45, 2.75) is 31.7 Å². The van der Waals surface area contributed by atoms with Gasteiger partial charge in [0.05, 0.1) is 7.11 Å². The number of anilines is 1. The summed E-state index contributed by atoms with van der Waals surface area (Å²) in [6.45, 7) is 6.34. The molecule has 0 radical (unpaired) electrons. The van der Waals surface area contributed by atoms with Gasteiger partial charge in [-0.2, -0.15) is 0 Å². The molecule has 1 N–H and O–H groups in total. The molecule has 0 amide bonds. The monoisotopic (exact) mass is 405 g/mol. The van der Waals surface area contributed by atoms with Gasteiger partial charge in [0, 0.05) is 16.5 Å². The van der Waals surface area contributed by atoms with Crippen molar-refractivity contribution in [3.63, 3.8) is 0 Å². The SMILES string of the molecule is COc1ccc(-c2nc3c(NSc4ccc(C)cc4)ncnc3n2C(C)C)cc1. The molecule has 0 saturated heterocycles. The van der Waals surface area contributed by atoms with Crippen LogP contribution in [0.3, 0.4) is 0 Å². The summed E-state index contributed by atoms with van der Waals surface area (Å²) in [7, 11) is 1.66. The zero-order valence-electron chi connectivity index (χ0n) is 16.9. The molecule has 0 saturated carbocycles.